The van der Waals surface area contributed by atoms with Crippen LogP contribution in [0.5, 0.6) is 0 Å². The van der Waals surface area contributed by atoms with Gasteiger partial charge >= 0.3 is 0 Å². The third kappa shape index (κ3) is 5.44. The largest absolute Gasteiger partial charge is 0.412 e. The minimum atomic E-state index is 0. The van der Waals surface area contributed by atoms with Crippen molar-refractivity contribution in [1.82, 2.24) is 0 Å². The molecule has 0 saturated heterocycles. The lowest BCUT2D eigenvalue weighted by Crippen LogP contribution is -2.16. The van der Waals surface area contributed by atoms with Crippen molar-refractivity contribution < 1.29 is 11.0 Å². The Morgan fingerprint density at radius 2 is 1.69 bits per heavy atom. The molecule has 1 aromatic rings. The Labute approximate surface area is 80.8 Å². The highest BCUT2D eigenvalue weighted by atomic mass is 16.0. The molecule has 0 fully saturated rings. The highest BCUT2D eigenvalue weighted by Crippen LogP contribution is 2.04. The molecule has 0 amide bonds. The average molecular weight is 181 g/mol. The maximum Gasteiger partial charge on any atom is 0.154 e. The first-order valence-corrected chi connectivity index (χ1v) is 4.23. The van der Waals surface area contributed by atoms with Crippen LogP contribution >= 0.6 is 0 Å². The second-order valence-electron chi connectivity index (χ2n) is 2.96. The Morgan fingerprint density at radius 3 is 2.15 bits per heavy atom. The lowest BCUT2D eigenvalue weighted by atomic mass is 9.59. The van der Waals surface area contributed by atoms with Crippen LogP contribution in [0.3, 0.4) is 0 Å². The maximum absolute atomic E-state index is 2.31. The minimum absolute atomic E-state index is 0. The van der Waals surface area contributed by atoms with E-state index in [2.05, 4.69) is 45.4 Å². The Kier molecular flexibility index (Phi) is 8.87. The normalized spacial score (nSPS) is 10.6. The second kappa shape index (κ2) is 7.83. The second-order valence-corrected chi connectivity index (χ2v) is 2.96. The van der Waals surface area contributed by atoms with Gasteiger partial charge in [0.15, 0.2) is 7.28 Å². The third-order valence-corrected chi connectivity index (χ3v) is 1.92. The highest BCUT2D eigenvalue weighted by molar-refractivity contribution is 6.54. The molecule has 0 aromatic heterocycles. The van der Waals surface area contributed by atoms with Gasteiger partial charge in [-0.3, -0.25) is 0 Å². The van der Waals surface area contributed by atoms with Crippen LogP contribution in [0.2, 0.25) is 5.82 Å². The molecule has 1 rings (SSSR count). The molecular weight excluding hydrogens is 163 g/mol. The van der Waals surface area contributed by atoms with Crippen LogP contribution in [-0.2, 0) is 0 Å². The van der Waals surface area contributed by atoms with E-state index in [1.54, 1.807) is 0 Å². The summed E-state index contributed by atoms with van der Waals surface area (Å²) in [7, 11) is 2.31. The molecule has 0 heterocycles. The van der Waals surface area contributed by atoms with E-state index in [1.807, 2.05) is 6.07 Å². The Morgan fingerprint density at radius 1 is 1.15 bits per heavy atom. The summed E-state index contributed by atoms with van der Waals surface area (Å²) in [6.07, 6.45) is 1.22. The fourth-order valence-electron chi connectivity index (χ4n) is 1.01. The molecule has 1 atom stereocenters. The zero-order valence-electron chi connectivity index (χ0n) is 8.25. The smallest absolute Gasteiger partial charge is 0.154 e. The quantitative estimate of drug-likeness (QED) is 0.612. The van der Waals surface area contributed by atoms with Gasteiger partial charge in [0.1, 0.15) is 0 Å². The molecular formula is C10H18BO2. The molecule has 0 spiro atoms. The fraction of sp³-hybridized carbons (Fsp3) is 0.400. The van der Waals surface area contributed by atoms with Crippen LogP contribution in [0.1, 0.15) is 20.3 Å². The summed E-state index contributed by atoms with van der Waals surface area (Å²) >= 11 is 0. The summed E-state index contributed by atoms with van der Waals surface area (Å²) in [5.74, 6) is 0.692. The van der Waals surface area contributed by atoms with E-state index < -0.39 is 0 Å². The molecule has 0 saturated carbocycles. The zero-order valence-corrected chi connectivity index (χ0v) is 8.25. The fourth-order valence-corrected chi connectivity index (χ4v) is 1.01. The van der Waals surface area contributed by atoms with Crippen molar-refractivity contribution in [3.05, 3.63) is 30.3 Å². The molecule has 3 heteroatoms. The van der Waals surface area contributed by atoms with Crippen molar-refractivity contribution in [1.29, 1.82) is 0 Å². The van der Waals surface area contributed by atoms with Crippen LogP contribution in [-0.4, -0.2) is 18.2 Å². The first-order chi connectivity index (χ1) is 5.33. The number of rotatable bonds is 3. The van der Waals surface area contributed by atoms with Gasteiger partial charge in [-0.2, -0.15) is 0 Å². The average Bonchev–Trinajstić information content (AvgIpc) is 2.06. The van der Waals surface area contributed by atoms with Crippen LogP contribution in [0.4, 0.5) is 0 Å². The zero-order chi connectivity index (χ0) is 8.10. The van der Waals surface area contributed by atoms with Crippen molar-refractivity contribution in [2.75, 3.05) is 0 Å². The van der Waals surface area contributed by atoms with E-state index in [4.69, 9.17) is 0 Å². The molecule has 1 radical (unpaired) electrons. The van der Waals surface area contributed by atoms with Crippen molar-refractivity contribution in [3.8, 4) is 0 Å². The molecule has 0 aliphatic carbocycles. The molecule has 0 bridgehead atoms. The molecule has 0 aliphatic rings. The Balaban J connectivity index is 0. The molecule has 0 aliphatic heterocycles. The van der Waals surface area contributed by atoms with Crippen LogP contribution < -0.4 is 5.46 Å². The van der Waals surface area contributed by atoms with Gasteiger partial charge < -0.3 is 11.0 Å². The van der Waals surface area contributed by atoms with E-state index >= 15 is 0 Å². The molecule has 1 unspecified atom stereocenters. The summed E-state index contributed by atoms with van der Waals surface area (Å²) in [5.41, 5.74) is 1.34. The van der Waals surface area contributed by atoms with E-state index in [1.165, 1.54) is 11.9 Å². The summed E-state index contributed by atoms with van der Waals surface area (Å²) < 4.78 is 0. The van der Waals surface area contributed by atoms with Crippen LogP contribution in [0, 0.1) is 0 Å². The van der Waals surface area contributed by atoms with Gasteiger partial charge in [0, 0.05) is 0 Å². The summed E-state index contributed by atoms with van der Waals surface area (Å²) in [6.45, 7) is 4.46. The van der Waals surface area contributed by atoms with Gasteiger partial charge in [-0.25, -0.2) is 0 Å². The Bertz CT molecular complexity index is 201. The lowest BCUT2D eigenvalue weighted by molar-refractivity contribution is 0.823. The summed E-state index contributed by atoms with van der Waals surface area (Å²) in [4.78, 5) is 0. The van der Waals surface area contributed by atoms with Gasteiger partial charge in [-0.15, -0.1) is 0 Å². The van der Waals surface area contributed by atoms with Gasteiger partial charge in [0.25, 0.3) is 0 Å². The molecule has 73 valence electrons. The van der Waals surface area contributed by atoms with Crippen molar-refractivity contribution in [2.24, 2.45) is 0 Å². The monoisotopic (exact) mass is 181 g/mol. The predicted molar refractivity (Wildman–Crippen MR) is 58.8 cm³/mol. The highest BCUT2D eigenvalue weighted by Gasteiger charge is 2.01. The van der Waals surface area contributed by atoms with Gasteiger partial charge in [0.05, 0.1) is 0 Å². The first kappa shape index (κ1) is 14.7. The number of hydrogen-bond donors (Lipinski definition) is 0. The molecule has 13 heavy (non-hydrogen) atoms. The van der Waals surface area contributed by atoms with E-state index in [0.717, 1.165) is 0 Å². The topological polar surface area (TPSA) is 63.0 Å². The molecule has 2 nitrogen and oxygen atoms in total. The third-order valence-electron chi connectivity index (χ3n) is 1.92. The van der Waals surface area contributed by atoms with E-state index in [0.29, 0.717) is 5.82 Å². The number of benzene rings is 1. The van der Waals surface area contributed by atoms with E-state index in [-0.39, 0.29) is 11.0 Å². The summed E-state index contributed by atoms with van der Waals surface area (Å²) in [6, 6.07) is 10.5. The Hall–Kier alpha value is -0.795. The van der Waals surface area contributed by atoms with Gasteiger partial charge in [-0.1, -0.05) is 61.9 Å². The summed E-state index contributed by atoms with van der Waals surface area (Å²) in [5, 5.41) is 0. The first-order valence-electron chi connectivity index (χ1n) is 4.23. The van der Waals surface area contributed by atoms with Crippen molar-refractivity contribution in [2.45, 2.75) is 26.1 Å². The van der Waals surface area contributed by atoms with Crippen molar-refractivity contribution >= 4 is 12.7 Å². The van der Waals surface area contributed by atoms with E-state index in [9.17, 15) is 0 Å². The lowest BCUT2D eigenvalue weighted by Gasteiger charge is -2.05. The molecule has 4 N–H and O–H groups in total. The number of hydrogen-bond acceptors (Lipinski definition) is 0. The van der Waals surface area contributed by atoms with Crippen molar-refractivity contribution in [3.63, 3.8) is 0 Å². The van der Waals surface area contributed by atoms with Crippen LogP contribution in [0.25, 0.3) is 0 Å². The predicted octanol–water partition coefficient (Wildman–Crippen LogP) is 0.585. The van der Waals surface area contributed by atoms with Gasteiger partial charge in [0.2, 0.25) is 0 Å². The SMILES string of the molecule is CCC(C)[B]c1ccccc1.O.O. The van der Waals surface area contributed by atoms with Gasteiger partial charge in [-0.05, 0) is 0 Å². The molecule has 1 aromatic carbocycles. The minimum Gasteiger partial charge on any atom is -0.412 e. The maximum atomic E-state index is 2.31. The standard InChI is InChI=1S/C10H14B.2H2O/c1-3-9(2)11-10-7-5-4-6-8-10;;/h4-9H,3H2,1-2H3;2*1H2. The van der Waals surface area contributed by atoms with Crippen LogP contribution in [0.15, 0.2) is 30.3 Å².